The highest BCUT2D eigenvalue weighted by Crippen LogP contribution is 2.59. The van der Waals surface area contributed by atoms with Crippen molar-refractivity contribution in [2.45, 2.75) is 30.7 Å². The fraction of sp³-hybridized carbons (Fsp3) is 0.320. The van der Waals surface area contributed by atoms with Gasteiger partial charge in [-0.2, -0.15) is 0 Å². The lowest BCUT2D eigenvalue weighted by molar-refractivity contribution is 0.0696. The highest BCUT2D eigenvalue weighted by Gasteiger charge is 2.48. The maximum atomic E-state index is 11.9. The molecule has 0 amide bonds. The Balaban J connectivity index is 1.62. The van der Waals surface area contributed by atoms with Crippen molar-refractivity contribution in [1.29, 1.82) is 0 Å². The van der Waals surface area contributed by atoms with Crippen LogP contribution in [-0.2, 0) is 0 Å². The Bertz CT molecular complexity index is 1070. The Morgan fingerprint density at radius 3 is 2.52 bits per heavy atom. The van der Waals surface area contributed by atoms with Gasteiger partial charge in [0, 0.05) is 29.1 Å². The summed E-state index contributed by atoms with van der Waals surface area (Å²) < 4.78 is 0. The molecule has 6 rings (SSSR count). The van der Waals surface area contributed by atoms with Crippen molar-refractivity contribution >= 4 is 23.3 Å². The average molecular weight is 404 g/mol. The molecule has 3 nitrogen and oxygen atoms in total. The summed E-state index contributed by atoms with van der Waals surface area (Å²) in [4.78, 5) is 14.5. The molecule has 1 N–H and O–H groups in total. The number of hydrogen-bond donors (Lipinski definition) is 1. The van der Waals surface area contributed by atoms with Crippen LogP contribution in [-0.4, -0.2) is 17.6 Å². The first-order valence-electron chi connectivity index (χ1n) is 10.4. The number of nitrogens with zero attached hydrogens (tertiary/aromatic N) is 1. The molecule has 0 aromatic heterocycles. The molecule has 2 aliphatic carbocycles. The minimum absolute atomic E-state index is 0.215. The van der Waals surface area contributed by atoms with Crippen molar-refractivity contribution in [2.75, 3.05) is 11.4 Å². The highest BCUT2D eigenvalue weighted by atomic mass is 35.5. The van der Waals surface area contributed by atoms with Gasteiger partial charge in [-0.05, 0) is 59.6 Å². The SMILES string of the molecule is O=C(O)c1cc2c3c(c1)[C@H]1C=CC[C@@H]1[C@@H](c1ccccc1Cl)N3C[C@H]1CC=C[C@H]21. The average Bonchev–Trinajstić information content (AvgIpc) is 3.38. The second-order valence-electron chi connectivity index (χ2n) is 8.73. The van der Waals surface area contributed by atoms with E-state index >= 15 is 0 Å². The zero-order valence-electron chi connectivity index (χ0n) is 16.0. The fourth-order valence-corrected chi connectivity index (χ4v) is 6.41. The lowest BCUT2D eigenvalue weighted by Gasteiger charge is -2.51. The van der Waals surface area contributed by atoms with Crippen LogP contribution >= 0.6 is 11.6 Å². The molecule has 2 aromatic carbocycles. The molecule has 2 aliphatic heterocycles. The molecule has 4 heteroatoms. The number of aromatic carboxylic acids is 1. The van der Waals surface area contributed by atoms with Crippen LogP contribution in [0.1, 0.15) is 57.8 Å². The van der Waals surface area contributed by atoms with E-state index in [0.717, 1.165) is 24.4 Å². The van der Waals surface area contributed by atoms with Gasteiger partial charge in [-0.25, -0.2) is 4.79 Å². The Labute approximate surface area is 175 Å². The van der Waals surface area contributed by atoms with Crippen LogP contribution < -0.4 is 4.90 Å². The summed E-state index contributed by atoms with van der Waals surface area (Å²) in [5.74, 6) is 0.586. The molecular formula is C25H22ClNO2. The molecule has 0 saturated carbocycles. The number of halogens is 1. The van der Waals surface area contributed by atoms with Crippen LogP contribution in [0.15, 0.2) is 60.7 Å². The van der Waals surface area contributed by atoms with E-state index in [9.17, 15) is 9.90 Å². The maximum absolute atomic E-state index is 11.9. The van der Waals surface area contributed by atoms with E-state index in [-0.39, 0.29) is 12.0 Å². The van der Waals surface area contributed by atoms with Gasteiger partial charge in [-0.3, -0.25) is 0 Å². The minimum atomic E-state index is -0.841. The smallest absolute Gasteiger partial charge is 0.335 e. The maximum Gasteiger partial charge on any atom is 0.335 e. The van der Waals surface area contributed by atoms with Crippen molar-refractivity contribution in [3.05, 3.63) is 88.0 Å². The van der Waals surface area contributed by atoms with E-state index in [1.165, 1.54) is 22.4 Å². The van der Waals surface area contributed by atoms with Crippen LogP contribution in [0, 0.1) is 11.8 Å². The van der Waals surface area contributed by atoms with Gasteiger partial charge in [0.1, 0.15) is 0 Å². The fourth-order valence-electron chi connectivity index (χ4n) is 6.17. The van der Waals surface area contributed by atoms with Crippen molar-refractivity contribution in [3.63, 3.8) is 0 Å². The number of benzene rings is 2. The number of anilines is 1. The van der Waals surface area contributed by atoms with Gasteiger partial charge in [-0.1, -0.05) is 54.1 Å². The van der Waals surface area contributed by atoms with Crippen LogP contribution in [0.3, 0.4) is 0 Å². The molecule has 0 spiro atoms. The lowest BCUT2D eigenvalue weighted by atomic mass is 9.70. The van der Waals surface area contributed by atoms with Gasteiger partial charge in [0.15, 0.2) is 0 Å². The Kier molecular flexibility index (Phi) is 3.73. The number of carboxylic acid groups (broad SMARTS) is 1. The number of rotatable bonds is 2. The first kappa shape index (κ1) is 17.3. The summed E-state index contributed by atoms with van der Waals surface area (Å²) >= 11 is 6.70. The predicted octanol–water partition coefficient (Wildman–Crippen LogP) is 5.93. The topological polar surface area (TPSA) is 40.5 Å². The largest absolute Gasteiger partial charge is 0.478 e. The Morgan fingerprint density at radius 2 is 1.72 bits per heavy atom. The molecule has 2 aromatic rings. The quantitative estimate of drug-likeness (QED) is 0.631. The van der Waals surface area contributed by atoms with Gasteiger partial charge < -0.3 is 10.0 Å². The molecule has 0 saturated heterocycles. The third-order valence-corrected chi connectivity index (χ3v) is 7.66. The van der Waals surface area contributed by atoms with Gasteiger partial charge in [0.05, 0.1) is 11.6 Å². The first-order valence-corrected chi connectivity index (χ1v) is 10.8. The molecule has 146 valence electrons. The molecule has 2 heterocycles. The molecule has 0 radical (unpaired) electrons. The summed E-state index contributed by atoms with van der Waals surface area (Å²) in [5.41, 5.74) is 5.22. The van der Waals surface area contributed by atoms with Crippen molar-refractivity contribution in [2.24, 2.45) is 11.8 Å². The van der Waals surface area contributed by atoms with Gasteiger partial charge in [0.25, 0.3) is 0 Å². The minimum Gasteiger partial charge on any atom is -0.478 e. The Morgan fingerprint density at radius 1 is 1.00 bits per heavy atom. The second kappa shape index (κ2) is 6.24. The van der Waals surface area contributed by atoms with Gasteiger partial charge >= 0.3 is 5.97 Å². The van der Waals surface area contributed by atoms with E-state index in [4.69, 9.17) is 11.6 Å². The molecule has 29 heavy (non-hydrogen) atoms. The van der Waals surface area contributed by atoms with E-state index < -0.39 is 5.97 Å². The number of carbonyl (C=O) groups is 1. The standard InChI is InChI=1S/C25H22ClNO2/c26-22-10-2-1-6-19(22)23-18-9-4-8-17(18)21-12-15(25(28)29)11-20-16-7-3-5-14(16)13-27(23)24(20)21/h1-4,6-8,10-12,14,16-18,23H,5,9,13H2,(H,28,29)/t14-,16+,17+,18+,23+/m1/s1. The van der Waals surface area contributed by atoms with Crippen LogP contribution in [0.2, 0.25) is 5.02 Å². The van der Waals surface area contributed by atoms with Crippen molar-refractivity contribution in [1.82, 2.24) is 0 Å². The molecule has 0 fully saturated rings. The summed E-state index contributed by atoms with van der Waals surface area (Å²) in [7, 11) is 0. The van der Waals surface area contributed by atoms with E-state index in [0.29, 0.717) is 23.3 Å². The first-order chi connectivity index (χ1) is 14.1. The molecule has 0 bridgehead atoms. The number of allylic oxidation sites excluding steroid dienone is 4. The van der Waals surface area contributed by atoms with E-state index in [1.54, 1.807) is 0 Å². The zero-order valence-corrected chi connectivity index (χ0v) is 16.7. The summed E-state index contributed by atoms with van der Waals surface area (Å²) in [5, 5.41) is 10.6. The van der Waals surface area contributed by atoms with Crippen LogP contribution in [0.4, 0.5) is 5.69 Å². The normalized spacial score (nSPS) is 30.8. The third kappa shape index (κ3) is 2.40. The van der Waals surface area contributed by atoms with E-state index in [2.05, 4.69) is 41.3 Å². The van der Waals surface area contributed by atoms with Crippen molar-refractivity contribution < 1.29 is 9.90 Å². The highest BCUT2D eigenvalue weighted by molar-refractivity contribution is 6.31. The lowest BCUT2D eigenvalue weighted by Crippen LogP contribution is -2.46. The summed E-state index contributed by atoms with van der Waals surface area (Å²) in [6.45, 7) is 0.989. The molecule has 4 aliphatic rings. The molecule has 0 unspecified atom stereocenters. The number of fused-ring (bicyclic) bond motifs is 4. The second-order valence-corrected chi connectivity index (χ2v) is 9.14. The number of hydrogen-bond acceptors (Lipinski definition) is 2. The zero-order chi connectivity index (χ0) is 19.7. The van der Waals surface area contributed by atoms with E-state index in [1.807, 2.05) is 24.3 Å². The number of carboxylic acids is 1. The monoisotopic (exact) mass is 403 g/mol. The molecule has 5 atom stereocenters. The van der Waals surface area contributed by atoms with Crippen LogP contribution in [0.5, 0.6) is 0 Å². The summed E-state index contributed by atoms with van der Waals surface area (Å²) in [6.07, 6.45) is 11.1. The van der Waals surface area contributed by atoms with Gasteiger partial charge in [-0.15, -0.1) is 0 Å². The summed E-state index contributed by atoms with van der Waals surface area (Å²) in [6, 6.07) is 12.3. The van der Waals surface area contributed by atoms with Gasteiger partial charge in [0.2, 0.25) is 0 Å². The third-order valence-electron chi connectivity index (χ3n) is 7.32. The van der Waals surface area contributed by atoms with Crippen LogP contribution in [0.25, 0.3) is 0 Å². The van der Waals surface area contributed by atoms with Crippen molar-refractivity contribution in [3.8, 4) is 0 Å². The molecular weight excluding hydrogens is 382 g/mol. The Hall–Kier alpha value is -2.52. The predicted molar refractivity (Wildman–Crippen MR) is 115 cm³/mol.